The minimum atomic E-state index is 0.0162. The molecule has 100 valence electrons. The van der Waals surface area contributed by atoms with E-state index in [0.717, 1.165) is 6.54 Å². The fraction of sp³-hybridized carbons (Fsp3) is 0.727. The van der Waals surface area contributed by atoms with Crippen LogP contribution in [-0.2, 0) is 0 Å². The van der Waals surface area contributed by atoms with Gasteiger partial charge in [-0.2, -0.15) is 26.7 Å². The van der Waals surface area contributed by atoms with Crippen molar-refractivity contribution >= 4 is 29.3 Å². The van der Waals surface area contributed by atoms with Crippen LogP contribution in [0.1, 0.15) is 20.3 Å². The number of ether oxygens (including phenoxy) is 1. The monoisotopic (exact) mass is 288 g/mol. The van der Waals surface area contributed by atoms with Crippen LogP contribution < -0.4 is 10.1 Å². The Bertz CT molecular complexity index is 399. The summed E-state index contributed by atoms with van der Waals surface area (Å²) in [4.78, 5) is 12.2. The summed E-state index contributed by atoms with van der Waals surface area (Å²) in [6.07, 6.45) is 1.26. The fourth-order valence-electron chi connectivity index (χ4n) is 1.65. The molecule has 0 aliphatic carbocycles. The van der Waals surface area contributed by atoms with E-state index in [9.17, 15) is 0 Å². The molecule has 2 rings (SSSR count). The molecule has 7 heteroatoms. The maximum absolute atomic E-state index is 5.84. The molecule has 1 saturated heterocycles. The van der Waals surface area contributed by atoms with Crippen molar-refractivity contribution in [1.29, 1.82) is 0 Å². The summed E-state index contributed by atoms with van der Waals surface area (Å²) in [5, 5.41) is 3.36. The van der Waals surface area contributed by atoms with Gasteiger partial charge >= 0.3 is 6.01 Å². The van der Waals surface area contributed by atoms with Crippen LogP contribution in [-0.4, -0.2) is 39.1 Å². The average Bonchev–Trinajstić information content (AvgIpc) is 2.77. The summed E-state index contributed by atoms with van der Waals surface area (Å²) in [5.41, 5.74) is 0. The third-order valence-electron chi connectivity index (χ3n) is 2.50. The molecule has 0 radical (unpaired) electrons. The van der Waals surface area contributed by atoms with Gasteiger partial charge in [-0.1, -0.05) is 0 Å². The third kappa shape index (κ3) is 4.17. The van der Waals surface area contributed by atoms with Crippen LogP contribution in [0.15, 0.2) is 0 Å². The number of hydrogen-bond acceptors (Lipinski definition) is 6. The lowest BCUT2D eigenvalue weighted by molar-refractivity contribution is 0.222. The van der Waals surface area contributed by atoms with Gasteiger partial charge in [0.05, 0.1) is 6.10 Å². The van der Waals surface area contributed by atoms with Crippen molar-refractivity contribution in [2.75, 3.05) is 23.4 Å². The Morgan fingerprint density at radius 3 is 2.94 bits per heavy atom. The highest BCUT2D eigenvalue weighted by Crippen LogP contribution is 2.23. The molecule has 1 aliphatic heterocycles. The summed E-state index contributed by atoms with van der Waals surface area (Å²) in [7, 11) is 0. The van der Waals surface area contributed by atoms with E-state index in [1.54, 1.807) is 0 Å². The van der Waals surface area contributed by atoms with Crippen molar-refractivity contribution in [1.82, 2.24) is 15.0 Å². The van der Waals surface area contributed by atoms with Gasteiger partial charge in [0.1, 0.15) is 0 Å². The first-order valence-corrected chi connectivity index (χ1v) is 7.56. The molecule has 0 bridgehead atoms. The van der Waals surface area contributed by atoms with Gasteiger partial charge in [0, 0.05) is 6.54 Å². The van der Waals surface area contributed by atoms with E-state index >= 15 is 0 Å². The predicted molar refractivity (Wildman–Crippen MR) is 74.5 cm³/mol. The molecule has 0 saturated carbocycles. The van der Waals surface area contributed by atoms with Crippen molar-refractivity contribution in [2.24, 2.45) is 5.92 Å². The lowest BCUT2D eigenvalue weighted by Crippen LogP contribution is -2.16. The van der Waals surface area contributed by atoms with Gasteiger partial charge in [0.25, 0.3) is 0 Å². The van der Waals surface area contributed by atoms with Gasteiger partial charge in [0.15, 0.2) is 0 Å². The largest absolute Gasteiger partial charge is 0.461 e. The molecule has 2 heterocycles. The number of nitrogens with zero attached hydrogens (tertiary/aromatic N) is 3. The van der Waals surface area contributed by atoms with Crippen LogP contribution in [0.5, 0.6) is 6.01 Å². The van der Waals surface area contributed by atoms with Crippen molar-refractivity contribution in [3.05, 3.63) is 5.28 Å². The normalized spacial score (nSPS) is 19.2. The smallest absolute Gasteiger partial charge is 0.322 e. The number of hydrogen-bond donors (Lipinski definition) is 1. The van der Waals surface area contributed by atoms with Crippen LogP contribution in [0.25, 0.3) is 0 Å². The molecule has 1 unspecified atom stereocenters. The van der Waals surface area contributed by atoms with Gasteiger partial charge in [-0.05, 0) is 49.3 Å². The standard InChI is InChI=1S/C11H17ClN4OS/c1-7(2)17-11-15-9(12)14-10(16-11)13-5-8-3-4-18-6-8/h7-8H,3-6H2,1-2H3,(H,13,14,15,16). The van der Waals surface area contributed by atoms with Crippen LogP contribution in [0.2, 0.25) is 5.28 Å². The predicted octanol–water partition coefficient (Wildman–Crippen LogP) is 2.48. The van der Waals surface area contributed by atoms with Crippen molar-refractivity contribution in [3.8, 4) is 6.01 Å². The molecular formula is C11H17ClN4OS. The molecule has 0 aromatic carbocycles. The molecule has 1 aliphatic rings. The van der Waals surface area contributed by atoms with Crippen LogP contribution in [0, 0.1) is 5.92 Å². The van der Waals surface area contributed by atoms with Gasteiger partial charge < -0.3 is 10.1 Å². The van der Waals surface area contributed by atoms with E-state index < -0.39 is 0 Å². The third-order valence-corrected chi connectivity index (χ3v) is 3.90. The molecule has 0 spiro atoms. The van der Waals surface area contributed by atoms with E-state index in [1.807, 2.05) is 25.6 Å². The SMILES string of the molecule is CC(C)Oc1nc(Cl)nc(NCC2CCSC2)n1. The zero-order valence-corrected chi connectivity index (χ0v) is 12.1. The quantitative estimate of drug-likeness (QED) is 0.898. The Kier molecular flexibility index (Phi) is 4.88. The average molecular weight is 289 g/mol. The zero-order chi connectivity index (χ0) is 13.0. The van der Waals surface area contributed by atoms with Gasteiger partial charge in [-0.25, -0.2) is 0 Å². The Morgan fingerprint density at radius 1 is 1.44 bits per heavy atom. The first-order valence-electron chi connectivity index (χ1n) is 6.03. The Hall–Kier alpha value is -0.750. The maximum Gasteiger partial charge on any atom is 0.322 e. The van der Waals surface area contributed by atoms with Crippen molar-refractivity contribution in [2.45, 2.75) is 26.4 Å². The van der Waals surface area contributed by atoms with Crippen LogP contribution in [0.3, 0.4) is 0 Å². The second-order valence-corrected chi connectivity index (χ2v) is 5.98. The maximum atomic E-state index is 5.84. The number of halogens is 1. The lowest BCUT2D eigenvalue weighted by Gasteiger charge is -2.11. The summed E-state index contributed by atoms with van der Waals surface area (Å²) in [5.74, 6) is 3.61. The molecule has 5 nitrogen and oxygen atoms in total. The number of anilines is 1. The molecule has 1 N–H and O–H groups in total. The Labute approximate surface area is 116 Å². The second-order valence-electron chi connectivity index (χ2n) is 4.49. The highest BCUT2D eigenvalue weighted by Gasteiger charge is 2.16. The van der Waals surface area contributed by atoms with Crippen molar-refractivity contribution < 1.29 is 4.74 Å². The van der Waals surface area contributed by atoms with Gasteiger partial charge in [-0.3, -0.25) is 0 Å². The van der Waals surface area contributed by atoms with Gasteiger partial charge in [0.2, 0.25) is 11.2 Å². The first kappa shape index (κ1) is 13.7. The van der Waals surface area contributed by atoms with E-state index in [1.165, 1.54) is 17.9 Å². The molecule has 1 aromatic heterocycles. The van der Waals surface area contributed by atoms with E-state index in [0.29, 0.717) is 11.9 Å². The molecular weight excluding hydrogens is 272 g/mol. The molecule has 1 atom stereocenters. The lowest BCUT2D eigenvalue weighted by atomic mass is 10.1. The minimum Gasteiger partial charge on any atom is -0.461 e. The van der Waals surface area contributed by atoms with E-state index in [4.69, 9.17) is 16.3 Å². The number of thioether (sulfide) groups is 1. The first-order chi connectivity index (χ1) is 8.63. The highest BCUT2D eigenvalue weighted by molar-refractivity contribution is 7.99. The second kappa shape index (κ2) is 6.43. The highest BCUT2D eigenvalue weighted by atomic mass is 35.5. The fourth-order valence-corrected chi connectivity index (χ4v) is 3.09. The van der Waals surface area contributed by atoms with Crippen LogP contribution >= 0.6 is 23.4 Å². The summed E-state index contributed by atoms with van der Waals surface area (Å²) < 4.78 is 5.42. The van der Waals surface area contributed by atoms with Crippen molar-refractivity contribution in [3.63, 3.8) is 0 Å². The Morgan fingerprint density at radius 2 is 2.28 bits per heavy atom. The van der Waals surface area contributed by atoms with E-state index in [-0.39, 0.29) is 17.4 Å². The number of nitrogens with one attached hydrogen (secondary N) is 1. The topological polar surface area (TPSA) is 59.9 Å². The number of rotatable bonds is 5. The van der Waals surface area contributed by atoms with E-state index in [2.05, 4.69) is 20.3 Å². The van der Waals surface area contributed by atoms with Crippen LogP contribution in [0.4, 0.5) is 5.95 Å². The summed E-state index contributed by atoms with van der Waals surface area (Å²) >= 11 is 7.83. The summed E-state index contributed by atoms with van der Waals surface area (Å²) in [6.45, 7) is 4.70. The molecule has 18 heavy (non-hydrogen) atoms. The molecule has 1 fully saturated rings. The molecule has 0 amide bonds. The number of aromatic nitrogens is 3. The Balaban J connectivity index is 1.96. The summed E-state index contributed by atoms with van der Waals surface area (Å²) in [6, 6.07) is 0.272. The zero-order valence-electron chi connectivity index (χ0n) is 10.5. The molecule has 1 aromatic rings. The minimum absolute atomic E-state index is 0.0162. The van der Waals surface area contributed by atoms with Gasteiger partial charge in [-0.15, -0.1) is 0 Å².